The average Bonchev–Trinajstić information content (AvgIpc) is 3.36. The average molecular weight is 395 g/mol. The first kappa shape index (κ1) is 18.4. The Balaban J connectivity index is 1.46. The third kappa shape index (κ3) is 3.45. The summed E-state index contributed by atoms with van der Waals surface area (Å²) in [5, 5.41) is 8.22. The molecule has 4 aromatic rings. The van der Waals surface area contributed by atoms with E-state index in [1.165, 1.54) is 5.56 Å². The summed E-state index contributed by atoms with van der Waals surface area (Å²) in [5.41, 5.74) is 4.22. The molecule has 0 radical (unpaired) electrons. The number of hydrogen-bond acceptors (Lipinski definition) is 5. The molecule has 0 fully saturated rings. The lowest BCUT2D eigenvalue weighted by atomic mass is 10.1. The first-order valence-electron chi connectivity index (χ1n) is 9.18. The van der Waals surface area contributed by atoms with Crippen molar-refractivity contribution in [3.63, 3.8) is 0 Å². The molecule has 0 aliphatic heterocycles. The SMILES string of the molecule is Cc1nn(C)c(C)c1C[C@@H](C)NC(=O)c1ccc(-c2nc3ccccc3s2)o1. The molecule has 1 amide bonds. The van der Waals surface area contributed by atoms with E-state index in [0.29, 0.717) is 11.5 Å². The van der Waals surface area contributed by atoms with E-state index in [9.17, 15) is 4.79 Å². The Morgan fingerprint density at radius 2 is 2.04 bits per heavy atom. The van der Waals surface area contributed by atoms with Crippen LogP contribution in [0.5, 0.6) is 0 Å². The number of furan rings is 1. The Morgan fingerprint density at radius 3 is 2.75 bits per heavy atom. The highest BCUT2D eigenvalue weighted by atomic mass is 32.1. The van der Waals surface area contributed by atoms with Crippen LogP contribution in [0.4, 0.5) is 0 Å². The smallest absolute Gasteiger partial charge is 0.287 e. The minimum atomic E-state index is -0.223. The van der Waals surface area contributed by atoms with Crippen molar-refractivity contribution < 1.29 is 9.21 Å². The summed E-state index contributed by atoms with van der Waals surface area (Å²) in [6.45, 7) is 6.02. The molecule has 0 spiro atoms. The van der Waals surface area contributed by atoms with Gasteiger partial charge in [-0.05, 0) is 57.0 Å². The van der Waals surface area contributed by atoms with Crippen LogP contribution in [0.25, 0.3) is 21.0 Å². The number of aromatic nitrogens is 3. The number of nitrogens with one attached hydrogen (secondary N) is 1. The molecular formula is C21H22N4O2S. The monoisotopic (exact) mass is 394 g/mol. The molecule has 4 rings (SSSR count). The van der Waals surface area contributed by atoms with Crippen LogP contribution in [0.1, 0.15) is 34.4 Å². The van der Waals surface area contributed by atoms with E-state index in [4.69, 9.17) is 4.42 Å². The standard InChI is InChI=1S/C21H22N4O2S/c1-12(11-15-13(2)24-25(4)14(15)3)22-20(26)17-9-10-18(27-17)21-23-16-7-5-6-8-19(16)28-21/h5-10,12H,11H2,1-4H3,(H,22,26)/t12-/m1/s1. The van der Waals surface area contributed by atoms with Crippen molar-refractivity contribution in [1.82, 2.24) is 20.1 Å². The van der Waals surface area contributed by atoms with Gasteiger partial charge in [0.1, 0.15) is 0 Å². The fourth-order valence-corrected chi connectivity index (χ4v) is 4.24. The Bertz CT molecular complexity index is 1120. The van der Waals surface area contributed by atoms with Crippen LogP contribution in [0.15, 0.2) is 40.8 Å². The number of amides is 1. The van der Waals surface area contributed by atoms with E-state index in [2.05, 4.69) is 15.4 Å². The number of aryl methyl sites for hydroxylation is 2. The van der Waals surface area contributed by atoms with Crippen molar-refractivity contribution in [3.8, 4) is 10.8 Å². The van der Waals surface area contributed by atoms with Gasteiger partial charge in [0.2, 0.25) is 0 Å². The zero-order valence-corrected chi connectivity index (χ0v) is 17.1. The Labute approximate surface area is 167 Å². The number of rotatable bonds is 5. The summed E-state index contributed by atoms with van der Waals surface area (Å²) in [7, 11) is 1.93. The van der Waals surface area contributed by atoms with E-state index in [-0.39, 0.29) is 11.9 Å². The van der Waals surface area contributed by atoms with Gasteiger partial charge in [-0.3, -0.25) is 9.48 Å². The van der Waals surface area contributed by atoms with E-state index < -0.39 is 0 Å². The van der Waals surface area contributed by atoms with Gasteiger partial charge < -0.3 is 9.73 Å². The topological polar surface area (TPSA) is 73.0 Å². The fourth-order valence-electron chi connectivity index (χ4n) is 3.32. The quantitative estimate of drug-likeness (QED) is 0.549. The third-order valence-corrected chi connectivity index (χ3v) is 5.93. The lowest BCUT2D eigenvalue weighted by molar-refractivity contribution is 0.0913. The van der Waals surface area contributed by atoms with E-state index in [0.717, 1.165) is 33.0 Å². The zero-order chi connectivity index (χ0) is 19.8. The van der Waals surface area contributed by atoms with Gasteiger partial charge in [0.25, 0.3) is 5.91 Å². The molecule has 1 N–H and O–H groups in total. The van der Waals surface area contributed by atoms with E-state index in [1.807, 2.05) is 56.8 Å². The van der Waals surface area contributed by atoms with Crippen molar-refractivity contribution in [1.29, 1.82) is 0 Å². The molecule has 0 aliphatic rings. The number of nitrogens with zero attached hydrogens (tertiary/aromatic N) is 3. The van der Waals surface area contributed by atoms with Gasteiger partial charge in [-0.25, -0.2) is 4.98 Å². The molecule has 3 heterocycles. The van der Waals surface area contributed by atoms with Gasteiger partial charge in [-0.2, -0.15) is 5.10 Å². The van der Waals surface area contributed by atoms with Crippen LogP contribution in [-0.2, 0) is 13.5 Å². The van der Waals surface area contributed by atoms with E-state index in [1.54, 1.807) is 23.5 Å². The highest BCUT2D eigenvalue weighted by molar-refractivity contribution is 7.21. The number of fused-ring (bicyclic) bond motifs is 1. The highest BCUT2D eigenvalue weighted by Gasteiger charge is 2.18. The maximum Gasteiger partial charge on any atom is 0.287 e. The van der Waals surface area contributed by atoms with E-state index >= 15 is 0 Å². The Kier molecular flexibility index (Phi) is 4.77. The molecule has 3 aromatic heterocycles. The maximum absolute atomic E-state index is 12.6. The third-order valence-electron chi connectivity index (χ3n) is 4.88. The minimum Gasteiger partial charge on any atom is -0.448 e. The Hall–Kier alpha value is -2.93. The van der Waals surface area contributed by atoms with Gasteiger partial charge >= 0.3 is 0 Å². The van der Waals surface area contributed by atoms with Crippen molar-refractivity contribution in [2.75, 3.05) is 0 Å². The lowest BCUT2D eigenvalue weighted by Crippen LogP contribution is -2.34. The summed E-state index contributed by atoms with van der Waals surface area (Å²) < 4.78 is 8.75. The van der Waals surface area contributed by atoms with Crippen LogP contribution in [0, 0.1) is 13.8 Å². The second-order valence-electron chi connectivity index (χ2n) is 7.00. The predicted molar refractivity (Wildman–Crippen MR) is 111 cm³/mol. The molecule has 0 saturated carbocycles. The largest absolute Gasteiger partial charge is 0.448 e. The summed E-state index contributed by atoms with van der Waals surface area (Å²) in [6.07, 6.45) is 0.725. The summed E-state index contributed by atoms with van der Waals surface area (Å²) in [4.78, 5) is 17.2. The van der Waals surface area contributed by atoms with Gasteiger partial charge in [-0.15, -0.1) is 11.3 Å². The summed E-state index contributed by atoms with van der Waals surface area (Å²) in [5.74, 6) is 0.678. The molecule has 28 heavy (non-hydrogen) atoms. The number of benzene rings is 1. The Morgan fingerprint density at radius 1 is 1.25 bits per heavy atom. The summed E-state index contributed by atoms with van der Waals surface area (Å²) >= 11 is 1.55. The molecule has 1 aromatic carbocycles. The second-order valence-corrected chi connectivity index (χ2v) is 8.03. The second kappa shape index (κ2) is 7.24. The van der Waals surface area contributed by atoms with Crippen LogP contribution in [0.2, 0.25) is 0 Å². The number of thiazole rings is 1. The molecule has 7 heteroatoms. The zero-order valence-electron chi connectivity index (χ0n) is 16.3. The number of para-hydroxylation sites is 1. The molecule has 0 unspecified atom stereocenters. The van der Waals surface area contributed by atoms with Gasteiger partial charge in [0.05, 0.1) is 15.9 Å². The molecule has 0 bridgehead atoms. The molecular weight excluding hydrogens is 372 g/mol. The van der Waals surface area contributed by atoms with Crippen LogP contribution in [0.3, 0.4) is 0 Å². The maximum atomic E-state index is 12.6. The van der Waals surface area contributed by atoms with Crippen molar-refractivity contribution >= 4 is 27.5 Å². The molecule has 6 nitrogen and oxygen atoms in total. The van der Waals surface area contributed by atoms with Crippen molar-refractivity contribution in [2.45, 2.75) is 33.2 Å². The van der Waals surface area contributed by atoms with Crippen LogP contribution in [-0.4, -0.2) is 26.7 Å². The lowest BCUT2D eigenvalue weighted by Gasteiger charge is -2.13. The normalized spacial score (nSPS) is 12.4. The van der Waals surface area contributed by atoms with Crippen LogP contribution >= 0.6 is 11.3 Å². The van der Waals surface area contributed by atoms with Crippen molar-refractivity contribution in [2.24, 2.45) is 7.05 Å². The predicted octanol–water partition coefficient (Wildman–Crippen LogP) is 4.27. The molecule has 0 saturated heterocycles. The van der Waals surface area contributed by atoms with Crippen LogP contribution < -0.4 is 5.32 Å². The summed E-state index contributed by atoms with van der Waals surface area (Å²) in [6, 6.07) is 11.4. The fraction of sp³-hybridized carbons (Fsp3) is 0.286. The first-order valence-corrected chi connectivity index (χ1v) is 9.99. The van der Waals surface area contributed by atoms with Crippen molar-refractivity contribution in [3.05, 3.63) is 59.1 Å². The highest BCUT2D eigenvalue weighted by Crippen LogP contribution is 2.31. The minimum absolute atomic E-state index is 0.0369. The molecule has 1 atom stereocenters. The first-order chi connectivity index (χ1) is 13.4. The molecule has 144 valence electrons. The number of carbonyl (C=O) groups excluding carboxylic acids is 1. The number of hydrogen-bond donors (Lipinski definition) is 1. The molecule has 0 aliphatic carbocycles. The van der Waals surface area contributed by atoms with Gasteiger partial charge in [-0.1, -0.05) is 12.1 Å². The number of carbonyl (C=O) groups is 1. The van der Waals surface area contributed by atoms with Gasteiger partial charge in [0, 0.05) is 18.8 Å². The van der Waals surface area contributed by atoms with Gasteiger partial charge in [0.15, 0.2) is 16.5 Å².